The Hall–Kier alpha value is -7.06. The normalized spacial score (nSPS) is 15.0. The van der Waals surface area contributed by atoms with Crippen LogP contribution in [0.25, 0.3) is 11.1 Å². The number of alkyl halides is 6. The zero-order valence-corrected chi connectivity index (χ0v) is 45.7. The fourth-order valence-corrected chi connectivity index (χ4v) is 9.87. The number of fused-ring (bicyclic) bond motifs is 2. The van der Waals surface area contributed by atoms with E-state index in [1.54, 1.807) is 74.2 Å². The molecule has 0 saturated heterocycles. The maximum absolute atomic E-state index is 13.9. The van der Waals surface area contributed by atoms with Crippen LogP contribution in [0.3, 0.4) is 0 Å². The van der Waals surface area contributed by atoms with Gasteiger partial charge in [0.1, 0.15) is 36.9 Å². The monoisotopic (exact) mass is 1140 g/mol. The van der Waals surface area contributed by atoms with E-state index in [-0.39, 0.29) is 81.7 Å². The lowest BCUT2D eigenvalue weighted by atomic mass is 9.89. The number of amides is 3. The van der Waals surface area contributed by atoms with Gasteiger partial charge in [0.05, 0.1) is 30.5 Å². The number of carboxylic acids is 2. The van der Waals surface area contributed by atoms with Crippen LogP contribution in [0.1, 0.15) is 129 Å². The van der Waals surface area contributed by atoms with E-state index in [1.807, 2.05) is 18.2 Å². The number of rotatable bonds is 18. The Balaban J connectivity index is 0.000000259. The predicted octanol–water partition coefficient (Wildman–Crippen LogP) is 12.5. The van der Waals surface area contributed by atoms with Crippen LogP contribution in [0.2, 0.25) is 0 Å². The number of hydrogen-bond acceptors (Lipinski definition) is 9. The van der Waals surface area contributed by atoms with Gasteiger partial charge >= 0.3 is 30.4 Å². The molecule has 0 bridgehead atoms. The smallest absolute Gasteiger partial charge is 0.417 e. The number of halogens is 7. The van der Waals surface area contributed by atoms with Crippen LogP contribution in [0.15, 0.2) is 84.9 Å². The molecule has 0 unspecified atom stereocenters. The largest absolute Gasteiger partial charge is 0.489 e. The highest BCUT2D eigenvalue weighted by atomic mass is 35.5. The maximum atomic E-state index is 13.9. The molecule has 2 aliphatic heterocycles. The minimum atomic E-state index is -4.49. The predicted molar refractivity (Wildman–Crippen MR) is 292 cm³/mol. The summed E-state index contributed by atoms with van der Waals surface area (Å²) < 4.78 is 100. The van der Waals surface area contributed by atoms with Crippen LogP contribution in [0.5, 0.6) is 11.5 Å². The van der Waals surface area contributed by atoms with Crippen LogP contribution in [-0.4, -0.2) is 89.8 Å². The van der Waals surface area contributed by atoms with E-state index in [0.29, 0.717) is 67.1 Å². The highest BCUT2D eigenvalue weighted by Crippen LogP contribution is 2.41. The number of nitrogens with one attached hydrogen (secondary N) is 1. The molecular weight excluding hydrogens is 1070 g/mol. The number of carbonyl (C=O) groups excluding carboxylic acids is 3. The molecule has 432 valence electrons. The maximum Gasteiger partial charge on any atom is 0.417 e. The molecule has 0 atom stereocenters. The second-order valence-corrected chi connectivity index (χ2v) is 20.8. The minimum absolute atomic E-state index is 0. The van der Waals surface area contributed by atoms with Gasteiger partial charge in [-0.25, -0.2) is 4.79 Å². The van der Waals surface area contributed by atoms with E-state index in [4.69, 9.17) is 24.4 Å². The molecule has 0 aromatic heterocycles. The van der Waals surface area contributed by atoms with Crippen molar-refractivity contribution >= 4 is 64.8 Å². The number of ether oxygens (including phenoxy) is 3. The van der Waals surface area contributed by atoms with Crippen LogP contribution < -0.4 is 24.6 Å². The van der Waals surface area contributed by atoms with Crippen molar-refractivity contribution in [3.8, 4) is 11.5 Å². The summed E-state index contributed by atoms with van der Waals surface area (Å²) in [6, 6.07) is 19.1. The van der Waals surface area contributed by atoms with Gasteiger partial charge in [-0.15, -0.1) is 12.4 Å². The Bertz CT molecular complexity index is 2950. The fourth-order valence-electron chi connectivity index (χ4n) is 9.87. The SMILES string of the molecule is CC(C)(C)OC(=O)N(CCC(=O)O)CC(=O)N1CCc2cc(OCc3ccc(C4=CCCCC4)c(C(F)(F)F)c3)ccc21.Cl.O=C(O)CCNCC(=O)N1CCc2cc(OCc3ccc(C4=CCCCC4)c(C(F)(F)F)c3)ccc21. The highest BCUT2D eigenvalue weighted by molar-refractivity contribution is 5.98. The zero-order chi connectivity index (χ0) is 57.1. The van der Waals surface area contributed by atoms with E-state index in [1.165, 1.54) is 17.0 Å². The summed E-state index contributed by atoms with van der Waals surface area (Å²) in [6.07, 6.45) is 1.50. The second-order valence-electron chi connectivity index (χ2n) is 20.8. The first-order chi connectivity index (χ1) is 37.4. The van der Waals surface area contributed by atoms with Crippen molar-refractivity contribution in [1.82, 2.24) is 10.2 Å². The number of carbonyl (C=O) groups is 5. The van der Waals surface area contributed by atoms with Crippen LogP contribution in [0, 0.1) is 0 Å². The van der Waals surface area contributed by atoms with Crippen molar-refractivity contribution in [3.63, 3.8) is 0 Å². The molecule has 21 heteroatoms. The van der Waals surface area contributed by atoms with E-state index >= 15 is 0 Å². The first-order valence-electron chi connectivity index (χ1n) is 26.5. The molecule has 3 N–H and O–H groups in total. The Morgan fingerprint density at radius 1 is 0.613 bits per heavy atom. The van der Waals surface area contributed by atoms with Gasteiger partial charge in [0, 0.05) is 37.6 Å². The topological polar surface area (TPSA) is 175 Å². The lowest BCUT2D eigenvalue weighted by molar-refractivity contribution is -0.138. The number of hydrogen-bond donors (Lipinski definition) is 3. The number of benzene rings is 4. The van der Waals surface area contributed by atoms with Gasteiger partial charge in [0.25, 0.3) is 0 Å². The summed E-state index contributed by atoms with van der Waals surface area (Å²) in [5.41, 5.74) is 3.83. The standard InChI is InChI=1S/C32H37F3N2O6.C27H29F3N2O4.ClH/c1-31(2,3)43-30(41)36(15-14-29(39)40)19-28(38)37-16-13-23-18-24(10-12-27(23)37)42-20-21-9-11-25(22-7-5-4-6-8-22)26(17-21)32(33,34)35;28-27(29,30)23-14-18(6-8-22(23)19-4-2-1-3-5-19)17-36-21-7-9-24-20(15-21)11-13-32(24)25(33)16-31-12-10-26(34)35;/h7,9-12,17-18H,4-6,8,13-16,19-20H2,1-3H3,(H,39,40);4,6-9,14-15,31H,1-3,5,10-13,16-17H2,(H,34,35);1H. The Labute approximate surface area is 467 Å². The van der Waals surface area contributed by atoms with Gasteiger partial charge in [-0.05, 0) is 178 Å². The van der Waals surface area contributed by atoms with Gasteiger partial charge in [0.15, 0.2) is 0 Å². The van der Waals surface area contributed by atoms with E-state index < -0.39 is 53.0 Å². The van der Waals surface area contributed by atoms with Crippen LogP contribution >= 0.6 is 12.4 Å². The third-order valence-electron chi connectivity index (χ3n) is 13.7. The third-order valence-corrected chi connectivity index (χ3v) is 13.7. The molecule has 2 aliphatic carbocycles. The van der Waals surface area contributed by atoms with Gasteiger partial charge < -0.3 is 39.5 Å². The molecule has 0 radical (unpaired) electrons. The quantitative estimate of drug-likeness (QED) is 0.0639. The molecule has 3 amide bonds. The van der Waals surface area contributed by atoms with Crippen LogP contribution in [0.4, 0.5) is 42.5 Å². The molecule has 80 heavy (non-hydrogen) atoms. The van der Waals surface area contributed by atoms with E-state index in [0.717, 1.165) is 77.5 Å². The molecule has 0 fully saturated rings. The van der Waals surface area contributed by atoms with Crippen LogP contribution in [-0.2, 0) is 62.3 Å². The van der Waals surface area contributed by atoms with Crippen molar-refractivity contribution in [2.75, 3.05) is 49.1 Å². The number of allylic oxidation sites excluding steroid dienone is 4. The average molecular weight is 1140 g/mol. The Morgan fingerprint density at radius 2 is 1.09 bits per heavy atom. The second kappa shape index (κ2) is 27.4. The molecule has 0 saturated carbocycles. The van der Waals surface area contributed by atoms with Crippen molar-refractivity contribution in [2.45, 2.75) is 129 Å². The molecule has 4 aromatic carbocycles. The van der Waals surface area contributed by atoms with E-state index in [9.17, 15) is 50.3 Å². The first kappa shape index (κ1) is 62.1. The Morgan fingerprint density at radius 3 is 1.51 bits per heavy atom. The molecular formula is C59H67ClF6N4O10. The summed E-state index contributed by atoms with van der Waals surface area (Å²) in [6.45, 7) is 5.55. The lowest BCUT2D eigenvalue weighted by Gasteiger charge is -2.28. The van der Waals surface area contributed by atoms with Gasteiger partial charge in [0.2, 0.25) is 11.8 Å². The van der Waals surface area contributed by atoms with E-state index in [2.05, 4.69) is 5.32 Å². The number of nitrogens with zero attached hydrogens (tertiary/aromatic N) is 3. The summed E-state index contributed by atoms with van der Waals surface area (Å²) >= 11 is 0. The summed E-state index contributed by atoms with van der Waals surface area (Å²) in [4.78, 5) is 64.2. The van der Waals surface area contributed by atoms with Gasteiger partial charge in [-0.2, -0.15) is 26.3 Å². The molecule has 4 aliphatic rings. The molecule has 2 heterocycles. The summed E-state index contributed by atoms with van der Waals surface area (Å²) in [7, 11) is 0. The zero-order valence-electron chi connectivity index (χ0n) is 44.9. The number of carboxylic acid groups (broad SMARTS) is 2. The van der Waals surface area contributed by atoms with Crippen molar-refractivity contribution in [1.29, 1.82) is 0 Å². The molecule has 4 aromatic rings. The lowest BCUT2D eigenvalue weighted by Crippen LogP contribution is -2.45. The molecule has 8 rings (SSSR count). The highest BCUT2D eigenvalue weighted by Gasteiger charge is 2.37. The number of anilines is 2. The number of aliphatic carboxylic acids is 2. The molecule has 0 spiro atoms. The van der Waals surface area contributed by atoms with Crippen molar-refractivity contribution < 1.29 is 74.7 Å². The fraction of sp³-hybridized carbons (Fsp3) is 0.441. The van der Waals surface area contributed by atoms with Crippen molar-refractivity contribution in [2.24, 2.45) is 0 Å². The average Bonchev–Trinajstić information content (AvgIpc) is 4.04. The van der Waals surface area contributed by atoms with Gasteiger partial charge in [-0.3, -0.25) is 24.1 Å². The minimum Gasteiger partial charge on any atom is -0.489 e. The third kappa shape index (κ3) is 17.2. The van der Waals surface area contributed by atoms with Crippen molar-refractivity contribution in [3.05, 3.63) is 129 Å². The molecule has 14 nitrogen and oxygen atoms in total. The van der Waals surface area contributed by atoms with Gasteiger partial charge in [-0.1, -0.05) is 36.4 Å². The Kier molecular flexibility index (Phi) is 21.3. The summed E-state index contributed by atoms with van der Waals surface area (Å²) in [5, 5.41) is 20.6. The summed E-state index contributed by atoms with van der Waals surface area (Å²) in [5.74, 6) is -1.60. The first-order valence-corrected chi connectivity index (χ1v) is 26.5.